The van der Waals surface area contributed by atoms with Crippen LogP contribution in [0.5, 0.6) is 0 Å². The van der Waals surface area contributed by atoms with Crippen LogP contribution in [0.1, 0.15) is 75.3 Å². The van der Waals surface area contributed by atoms with Gasteiger partial charge in [-0.15, -0.1) is 5.10 Å². The van der Waals surface area contributed by atoms with Gasteiger partial charge in [-0.05, 0) is 46.1 Å². The van der Waals surface area contributed by atoms with Crippen molar-refractivity contribution in [2.75, 3.05) is 26.2 Å². The molecule has 6 nitrogen and oxygen atoms in total. The highest BCUT2D eigenvalue weighted by Gasteiger charge is 2.29. The van der Waals surface area contributed by atoms with Gasteiger partial charge in [-0.2, -0.15) is 0 Å². The van der Waals surface area contributed by atoms with Crippen LogP contribution >= 0.6 is 0 Å². The van der Waals surface area contributed by atoms with Crippen LogP contribution in [0.4, 0.5) is 0 Å². The SMILES string of the molecule is CCN(CC)C(=O)c1cn([C@@H]2CCCN(C3CCCCC3)C2)nn1. The smallest absolute Gasteiger partial charge is 0.276 e. The van der Waals surface area contributed by atoms with Crippen LogP contribution in [0.3, 0.4) is 0 Å². The molecule has 134 valence electrons. The number of rotatable bonds is 5. The second kappa shape index (κ2) is 8.10. The standard InChI is InChI=1S/C18H31N5O/c1-3-21(4-2)18(24)17-14-23(20-19-17)16-11-8-12-22(13-16)15-9-6-5-7-10-15/h14-16H,3-13H2,1-2H3/t16-/m1/s1. The first-order chi connectivity index (χ1) is 11.7. The molecule has 0 N–H and O–H groups in total. The Morgan fingerprint density at radius 1 is 1.12 bits per heavy atom. The second-order valence-electron chi connectivity index (χ2n) is 7.14. The summed E-state index contributed by atoms with van der Waals surface area (Å²) in [6, 6.07) is 1.10. The van der Waals surface area contributed by atoms with Crippen molar-refractivity contribution >= 4 is 5.91 Å². The van der Waals surface area contributed by atoms with E-state index in [0.717, 1.165) is 19.0 Å². The molecule has 6 heteroatoms. The average molecular weight is 333 g/mol. The number of likely N-dealkylation sites (tertiary alicyclic amines) is 1. The Labute approximate surface area is 145 Å². The van der Waals surface area contributed by atoms with Gasteiger partial charge in [-0.1, -0.05) is 24.5 Å². The Kier molecular flexibility index (Phi) is 5.87. The molecule has 0 unspecified atom stereocenters. The molecular weight excluding hydrogens is 302 g/mol. The molecule has 2 aliphatic rings. The van der Waals surface area contributed by atoms with Gasteiger partial charge in [0, 0.05) is 25.7 Å². The van der Waals surface area contributed by atoms with E-state index in [4.69, 9.17) is 0 Å². The third-order valence-corrected chi connectivity index (χ3v) is 5.67. The molecular formula is C18H31N5O. The highest BCUT2D eigenvalue weighted by molar-refractivity contribution is 5.91. The van der Waals surface area contributed by atoms with Gasteiger partial charge in [-0.25, -0.2) is 4.68 Å². The summed E-state index contributed by atoms with van der Waals surface area (Å²) >= 11 is 0. The quantitative estimate of drug-likeness (QED) is 0.831. The molecule has 1 aliphatic carbocycles. The lowest BCUT2D eigenvalue weighted by Crippen LogP contribution is -2.44. The number of hydrogen-bond acceptors (Lipinski definition) is 4. The summed E-state index contributed by atoms with van der Waals surface area (Å²) in [7, 11) is 0. The molecule has 1 aromatic rings. The van der Waals surface area contributed by atoms with Gasteiger partial charge in [0.2, 0.25) is 0 Å². The van der Waals surface area contributed by atoms with Crippen molar-refractivity contribution < 1.29 is 4.79 Å². The first-order valence-corrected chi connectivity index (χ1v) is 9.68. The second-order valence-corrected chi connectivity index (χ2v) is 7.14. The van der Waals surface area contributed by atoms with Crippen LogP contribution in [-0.2, 0) is 0 Å². The molecule has 1 atom stereocenters. The van der Waals surface area contributed by atoms with Crippen LogP contribution in [0.25, 0.3) is 0 Å². The maximum atomic E-state index is 12.4. The fraction of sp³-hybridized carbons (Fsp3) is 0.833. The summed E-state index contributed by atoms with van der Waals surface area (Å²) in [5, 5.41) is 8.43. The molecule has 1 saturated heterocycles. The number of carbonyl (C=O) groups is 1. The molecule has 0 bridgehead atoms. The summed E-state index contributed by atoms with van der Waals surface area (Å²) in [5.74, 6) is -0.00815. The summed E-state index contributed by atoms with van der Waals surface area (Å²) < 4.78 is 1.94. The summed E-state index contributed by atoms with van der Waals surface area (Å²) in [4.78, 5) is 16.9. The highest BCUT2D eigenvalue weighted by atomic mass is 16.2. The maximum absolute atomic E-state index is 12.4. The van der Waals surface area contributed by atoms with Crippen molar-refractivity contribution in [1.82, 2.24) is 24.8 Å². The number of piperidine rings is 1. The van der Waals surface area contributed by atoms with Gasteiger partial charge in [0.1, 0.15) is 0 Å². The monoisotopic (exact) mass is 333 g/mol. The van der Waals surface area contributed by atoms with E-state index in [1.54, 1.807) is 4.90 Å². The van der Waals surface area contributed by atoms with Crippen molar-refractivity contribution in [3.05, 3.63) is 11.9 Å². The van der Waals surface area contributed by atoms with E-state index < -0.39 is 0 Å². The predicted octanol–water partition coefficient (Wildman–Crippen LogP) is 2.73. The van der Waals surface area contributed by atoms with E-state index in [1.807, 2.05) is 24.7 Å². The molecule has 1 amide bonds. The van der Waals surface area contributed by atoms with E-state index in [-0.39, 0.29) is 5.91 Å². The van der Waals surface area contributed by atoms with E-state index in [2.05, 4.69) is 15.2 Å². The third-order valence-electron chi connectivity index (χ3n) is 5.67. The molecule has 3 rings (SSSR count). The largest absolute Gasteiger partial charge is 0.338 e. The maximum Gasteiger partial charge on any atom is 0.276 e. The molecule has 1 saturated carbocycles. The number of hydrogen-bond donors (Lipinski definition) is 0. The van der Waals surface area contributed by atoms with Crippen molar-refractivity contribution in [3.8, 4) is 0 Å². The minimum absolute atomic E-state index is 0.00815. The van der Waals surface area contributed by atoms with E-state index in [0.29, 0.717) is 24.8 Å². The van der Waals surface area contributed by atoms with Crippen molar-refractivity contribution in [3.63, 3.8) is 0 Å². The molecule has 2 heterocycles. The van der Waals surface area contributed by atoms with Crippen LogP contribution in [0.15, 0.2) is 6.20 Å². The van der Waals surface area contributed by atoms with Crippen LogP contribution < -0.4 is 0 Å². The summed E-state index contributed by atoms with van der Waals surface area (Å²) in [6.07, 6.45) is 11.0. The van der Waals surface area contributed by atoms with E-state index in [9.17, 15) is 4.79 Å². The van der Waals surface area contributed by atoms with Gasteiger partial charge in [0.05, 0.1) is 12.2 Å². The lowest BCUT2D eigenvalue weighted by molar-refractivity contribution is 0.0766. The van der Waals surface area contributed by atoms with Crippen LogP contribution in [0, 0.1) is 0 Å². The number of carbonyl (C=O) groups excluding carboxylic acids is 1. The van der Waals surface area contributed by atoms with Crippen LogP contribution in [0.2, 0.25) is 0 Å². The number of nitrogens with zero attached hydrogens (tertiary/aromatic N) is 5. The third kappa shape index (κ3) is 3.79. The zero-order valence-corrected chi connectivity index (χ0v) is 15.2. The summed E-state index contributed by atoms with van der Waals surface area (Å²) in [6.45, 7) is 7.67. The van der Waals surface area contributed by atoms with Gasteiger partial charge in [0.25, 0.3) is 5.91 Å². The fourth-order valence-corrected chi connectivity index (χ4v) is 4.20. The van der Waals surface area contributed by atoms with Crippen molar-refractivity contribution in [1.29, 1.82) is 0 Å². The van der Waals surface area contributed by atoms with Gasteiger partial charge < -0.3 is 4.90 Å². The Morgan fingerprint density at radius 2 is 1.83 bits per heavy atom. The van der Waals surface area contributed by atoms with Crippen molar-refractivity contribution in [2.45, 2.75) is 70.9 Å². The number of amides is 1. The molecule has 0 spiro atoms. The van der Waals surface area contributed by atoms with Gasteiger partial charge >= 0.3 is 0 Å². The first kappa shape index (κ1) is 17.4. The van der Waals surface area contributed by atoms with Crippen LogP contribution in [-0.4, -0.2) is 62.9 Å². The van der Waals surface area contributed by atoms with Crippen molar-refractivity contribution in [2.24, 2.45) is 0 Å². The minimum atomic E-state index is -0.00815. The van der Waals surface area contributed by atoms with Gasteiger partial charge in [-0.3, -0.25) is 9.69 Å². The predicted molar refractivity (Wildman–Crippen MR) is 94.0 cm³/mol. The molecule has 2 fully saturated rings. The average Bonchev–Trinajstić information content (AvgIpc) is 3.14. The van der Waals surface area contributed by atoms with E-state index in [1.165, 1.54) is 45.1 Å². The Morgan fingerprint density at radius 3 is 2.54 bits per heavy atom. The Bertz CT molecular complexity index is 533. The topological polar surface area (TPSA) is 54.3 Å². The Hall–Kier alpha value is -1.43. The molecule has 1 aromatic heterocycles. The molecule has 0 radical (unpaired) electrons. The highest BCUT2D eigenvalue weighted by Crippen LogP contribution is 2.28. The van der Waals surface area contributed by atoms with E-state index >= 15 is 0 Å². The molecule has 1 aliphatic heterocycles. The fourth-order valence-electron chi connectivity index (χ4n) is 4.20. The Balaban J connectivity index is 1.64. The summed E-state index contributed by atoms with van der Waals surface area (Å²) in [5.41, 5.74) is 0.480. The lowest BCUT2D eigenvalue weighted by atomic mass is 9.92. The number of aromatic nitrogens is 3. The first-order valence-electron chi connectivity index (χ1n) is 9.68. The molecule has 0 aromatic carbocycles. The normalized spacial score (nSPS) is 23.3. The minimum Gasteiger partial charge on any atom is -0.338 e. The zero-order chi connectivity index (χ0) is 16.9. The lowest BCUT2D eigenvalue weighted by Gasteiger charge is -2.39. The molecule has 24 heavy (non-hydrogen) atoms. The van der Waals surface area contributed by atoms with Gasteiger partial charge in [0.15, 0.2) is 5.69 Å². The zero-order valence-electron chi connectivity index (χ0n) is 15.2.